The lowest BCUT2D eigenvalue weighted by molar-refractivity contribution is -0.141. The van der Waals surface area contributed by atoms with Gasteiger partial charge in [-0.2, -0.15) is 13.2 Å². The molecule has 1 aromatic rings. The molecule has 0 bridgehead atoms. The maximum absolute atomic E-state index is 13.0. The summed E-state index contributed by atoms with van der Waals surface area (Å²) in [4.78, 5) is 0. The highest BCUT2D eigenvalue weighted by atomic mass is 19.4. The molecule has 116 valence electrons. The van der Waals surface area contributed by atoms with Crippen molar-refractivity contribution in [2.75, 3.05) is 6.54 Å². The van der Waals surface area contributed by atoms with Gasteiger partial charge in [0.25, 0.3) is 0 Å². The van der Waals surface area contributed by atoms with Crippen molar-refractivity contribution in [1.82, 2.24) is 5.32 Å². The van der Waals surface area contributed by atoms with E-state index in [0.29, 0.717) is 6.04 Å². The zero-order valence-electron chi connectivity index (χ0n) is 11.9. The van der Waals surface area contributed by atoms with Gasteiger partial charge in [0.15, 0.2) is 0 Å². The molecule has 1 aromatic carbocycles. The van der Waals surface area contributed by atoms with Gasteiger partial charge in [-0.05, 0) is 57.2 Å². The van der Waals surface area contributed by atoms with E-state index in [2.05, 4.69) is 5.32 Å². The second-order valence-electron chi connectivity index (χ2n) is 6.11. The maximum atomic E-state index is 13.0. The molecule has 0 aromatic heterocycles. The average Bonchev–Trinajstić information content (AvgIpc) is 3.19. The minimum Gasteiger partial charge on any atom is -0.487 e. The first kappa shape index (κ1) is 14.7. The van der Waals surface area contributed by atoms with Gasteiger partial charge in [-0.15, -0.1) is 0 Å². The van der Waals surface area contributed by atoms with Crippen LogP contribution in [-0.4, -0.2) is 18.2 Å². The van der Waals surface area contributed by atoms with Gasteiger partial charge < -0.3 is 10.1 Å². The van der Waals surface area contributed by atoms with E-state index in [4.69, 9.17) is 4.74 Å². The monoisotopic (exact) mass is 299 g/mol. The lowest BCUT2D eigenvalue weighted by atomic mass is 9.77. The summed E-state index contributed by atoms with van der Waals surface area (Å²) in [6, 6.07) is 6.13. The number of alkyl halides is 3. The van der Waals surface area contributed by atoms with E-state index in [1.807, 2.05) is 0 Å². The molecule has 0 aliphatic heterocycles. The standard InChI is InChI=1S/C16H20F3NO/c17-16(18,19)13-4-1-2-5-14(13)21-15(8-3-9-15)10-11-20-12-6-7-12/h1-2,4-5,12,20H,3,6-11H2. The van der Waals surface area contributed by atoms with Crippen molar-refractivity contribution in [3.05, 3.63) is 29.8 Å². The Kier molecular flexibility index (Phi) is 3.86. The van der Waals surface area contributed by atoms with Gasteiger partial charge in [0.2, 0.25) is 0 Å². The zero-order chi connectivity index (χ0) is 14.9. The Morgan fingerprint density at radius 1 is 1.19 bits per heavy atom. The third-order valence-corrected chi connectivity index (χ3v) is 4.37. The fourth-order valence-electron chi connectivity index (χ4n) is 2.79. The summed E-state index contributed by atoms with van der Waals surface area (Å²) in [6.07, 6.45) is 1.54. The van der Waals surface area contributed by atoms with Crippen LogP contribution in [-0.2, 0) is 6.18 Å². The van der Waals surface area contributed by atoms with E-state index in [0.717, 1.165) is 38.3 Å². The van der Waals surface area contributed by atoms with Crippen LogP contribution in [0.3, 0.4) is 0 Å². The van der Waals surface area contributed by atoms with Crippen LogP contribution in [0.15, 0.2) is 24.3 Å². The Morgan fingerprint density at radius 2 is 1.90 bits per heavy atom. The number of ether oxygens (including phenoxy) is 1. The van der Waals surface area contributed by atoms with Gasteiger partial charge in [0.1, 0.15) is 11.4 Å². The first-order chi connectivity index (χ1) is 9.99. The topological polar surface area (TPSA) is 21.3 Å². The van der Waals surface area contributed by atoms with Crippen LogP contribution < -0.4 is 10.1 Å². The quantitative estimate of drug-likeness (QED) is 0.852. The van der Waals surface area contributed by atoms with Gasteiger partial charge in [-0.3, -0.25) is 0 Å². The SMILES string of the molecule is FC(F)(F)c1ccccc1OC1(CCNC2CC2)CCC1. The zero-order valence-corrected chi connectivity index (χ0v) is 11.9. The van der Waals surface area contributed by atoms with Crippen molar-refractivity contribution in [3.8, 4) is 5.75 Å². The van der Waals surface area contributed by atoms with Crippen LogP contribution in [0.1, 0.15) is 44.1 Å². The van der Waals surface area contributed by atoms with Crippen molar-refractivity contribution in [1.29, 1.82) is 0 Å². The molecule has 2 saturated carbocycles. The summed E-state index contributed by atoms with van der Waals surface area (Å²) in [5.74, 6) is -0.0314. The number of rotatable bonds is 6. The Bertz CT molecular complexity index is 493. The van der Waals surface area contributed by atoms with Crippen LogP contribution >= 0.6 is 0 Å². The van der Waals surface area contributed by atoms with Gasteiger partial charge >= 0.3 is 6.18 Å². The molecule has 0 radical (unpaired) electrons. The average molecular weight is 299 g/mol. The molecule has 0 heterocycles. The molecule has 5 heteroatoms. The summed E-state index contributed by atoms with van der Waals surface area (Å²) in [5.41, 5.74) is -1.09. The molecule has 0 spiro atoms. The highest BCUT2D eigenvalue weighted by Gasteiger charge is 2.42. The Hall–Kier alpha value is -1.23. The van der Waals surface area contributed by atoms with Crippen molar-refractivity contribution < 1.29 is 17.9 Å². The number of halogens is 3. The van der Waals surface area contributed by atoms with E-state index >= 15 is 0 Å². The van der Waals surface area contributed by atoms with Gasteiger partial charge in [-0.1, -0.05) is 12.1 Å². The molecule has 0 amide bonds. The molecule has 3 rings (SSSR count). The lowest BCUT2D eigenvalue weighted by Gasteiger charge is -2.42. The van der Waals surface area contributed by atoms with Crippen LogP contribution in [0, 0.1) is 0 Å². The van der Waals surface area contributed by atoms with E-state index in [-0.39, 0.29) is 5.75 Å². The van der Waals surface area contributed by atoms with Crippen LogP contribution in [0.4, 0.5) is 13.2 Å². The minimum absolute atomic E-state index is 0.0314. The molecule has 0 saturated heterocycles. The lowest BCUT2D eigenvalue weighted by Crippen LogP contribution is -2.45. The van der Waals surface area contributed by atoms with E-state index < -0.39 is 17.3 Å². The second kappa shape index (κ2) is 5.52. The van der Waals surface area contributed by atoms with Crippen LogP contribution in [0.25, 0.3) is 0 Å². The number of hydrogen-bond donors (Lipinski definition) is 1. The van der Waals surface area contributed by atoms with E-state index in [1.165, 1.54) is 25.0 Å². The summed E-state index contributed by atoms with van der Waals surface area (Å²) in [5, 5.41) is 3.41. The summed E-state index contributed by atoms with van der Waals surface area (Å²) in [6.45, 7) is 0.818. The predicted molar refractivity (Wildman–Crippen MR) is 74.3 cm³/mol. The normalized spacial score (nSPS) is 20.9. The fourth-order valence-corrected chi connectivity index (χ4v) is 2.79. The van der Waals surface area contributed by atoms with Crippen molar-refractivity contribution in [3.63, 3.8) is 0 Å². The largest absolute Gasteiger partial charge is 0.487 e. The minimum atomic E-state index is -4.37. The molecule has 2 aliphatic carbocycles. The number of para-hydroxylation sites is 1. The number of benzene rings is 1. The molecule has 2 nitrogen and oxygen atoms in total. The van der Waals surface area contributed by atoms with E-state index in [1.54, 1.807) is 6.07 Å². The number of hydrogen-bond acceptors (Lipinski definition) is 2. The molecule has 1 N–H and O–H groups in total. The van der Waals surface area contributed by atoms with Crippen LogP contribution in [0.5, 0.6) is 5.75 Å². The molecule has 2 aliphatic rings. The maximum Gasteiger partial charge on any atom is 0.419 e. The van der Waals surface area contributed by atoms with Crippen molar-refractivity contribution in [2.45, 2.75) is 56.3 Å². The first-order valence-corrected chi connectivity index (χ1v) is 7.57. The van der Waals surface area contributed by atoms with E-state index in [9.17, 15) is 13.2 Å². The second-order valence-corrected chi connectivity index (χ2v) is 6.11. The third kappa shape index (κ3) is 3.51. The van der Waals surface area contributed by atoms with Gasteiger partial charge in [0.05, 0.1) is 5.56 Å². The van der Waals surface area contributed by atoms with Crippen LogP contribution in [0.2, 0.25) is 0 Å². The molecule has 21 heavy (non-hydrogen) atoms. The Morgan fingerprint density at radius 3 is 2.48 bits per heavy atom. The summed E-state index contributed by atoms with van der Waals surface area (Å²) >= 11 is 0. The predicted octanol–water partition coefficient (Wildman–Crippen LogP) is 4.15. The molecular formula is C16H20F3NO. The number of nitrogens with one attached hydrogen (secondary N) is 1. The fraction of sp³-hybridized carbons (Fsp3) is 0.625. The summed E-state index contributed by atoms with van der Waals surface area (Å²) < 4.78 is 44.9. The summed E-state index contributed by atoms with van der Waals surface area (Å²) in [7, 11) is 0. The van der Waals surface area contributed by atoms with Gasteiger partial charge in [-0.25, -0.2) is 0 Å². The first-order valence-electron chi connectivity index (χ1n) is 7.57. The molecule has 0 atom stereocenters. The highest BCUT2D eigenvalue weighted by Crippen LogP contribution is 2.43. The molecular weight excluding hydrogens is 279 g/mol. The third-order valence-electron chi connectivity index (χ3n) is 4.37. The van der Waals surface area contributed by atoms with Crippen molar-refractivity contribution >= 4 is 0 Å². The highest BCUT2D eigenvalue weighted by molar-refractivity contribution is 5.36. The van der Waals surface area contributed by atoms with Gasteiger partial charge in [0, 0.05) is 6.04 Å². The molecule has 2 fully saturated rings. The van der Waals surface area contributed by atoms with Crippen molar-refractivity contribution in [2.24, 2.45) is 0 Å². The molecule has 0 unspecified atom stereocenters. The smallest absolute Gasteiger partial charge is 0.419 e. The Labute approximate surface area is 122 Å². The Balaban J connectivity index is 1.68.